The molecule has 2 aromatic rings. The molecule has 1 aliphatic heterocycles. The third-order valence-corrected chi connectivity index (χ3v) is 6.09. The quantitative estimate of drug-likeness (QED) is 0.869. The summed E-state index contributed by atoms with van der Waals surface area (Å²) in [7, 11) is 0. The molecule has 0 radical (unpaired) electrons. The molecular formula is C14H15ClN2OS2. The average molecular weight is 327 g/mol. The monoisotopic (exact) mass is 326 g/mol. The Morgan fingerprint density at radius 3 is 3.05 bits per heavy atom. The van der Waals surface area contributed by atoms with E-state index in [0.717, 1.165) is 28.1 Å². The number of hydrogen-bond donors (Lipinski definition) is 1. The number of thiophene rings is 1. The largest absolute Gasteiger partial charge is 0.397 e. The number of fused-ring (bicyclic) bond motifs is 1. The number of nitrogens with two attached hydrogens (primary N) is 1. The fourth-order valence-corrected chi connectivity index (χ4v) is 4.78. The van der Waals surface area contributed by atoms with Gasteiger partial charge in [0.05, 0.1) is 5.69 Å². The lowest BCUT2D eigenvalue weighted by Gasteiger charge is -2.32. The van der Waals surface area contributed by atoms with Gasteiger partial charge in [-0.05, 0) is 25.1 Å². The molecule has 1 amide bonds. The van der Waals surface area contributed by atoms with E-state index in [1.165, 1.54) is 11.3 Å². The van der Waals surface area contributed by atoms with E-state index in [1.807, 2.05) is 28.8 Å². The van der Waals surface area contributed by atoms with Gasteiger partial charge in [-0.15, -0.1) is 11.3 Å². The molecule has 106 valence electrons. The third-order valence-electron chi connectivity index (χ3n) is 3.51. The standard InChI is InChI=1S/C14H15ClN2OS2/c1-8-7-19-5-4-17(8)14(18)13-12(16)10-3-2-9(15)6-11(10)20-13/h2-3,6,8H,4-5,7,16H2,1H3. The third kappa shape index (κ3) is 2.38. The number of thioether (sulfide) groups is 1. The van der Waals surface area contributed by atoms with Gasteiger partial charge in [0.2, 0.25) is 0 Å². The molecule has 1 aliphatic rings. The lowest BCUT2D eigenvalue weighted by atomic mass is 10.2. The van der Waals surface area contributed by atoms with E-state index >= 15 is 0 Å². The normalized spacial score (nSPS) is 19.5. The Kier molecular flexibility index (Phi) is 3.84. The van der Waals surface area contributed by atoms with Gasteiger partial charge in [-0.25, -0.2) is 0 Å². The number of amides is 1. The van der Waals surface area contributed by atoms with Crippen molar-refractivity contribution in [2.45, 2.75) is 13.0 Å². The Labute approximate surface area is 131 Å². The second-order valence-electron chi connectivity index (χ2n) is 4.91. The molecule has 0 saturated carbocycles. The highest BCUT2D eigenvalue weighted by atomic mass is 35.5. The summed E-state index contributed by atoms with van der Waals surface area (Å²) < 4.78 is 0.970. The molecule has 1 aromatic heterocycles. The second-order valence-corrected chi connectivity index (χ2v) is 7.55. The van der Waals surface area contributed by atoms with Gasteiger partial charge < -0.3 is 10.6 Å². The van der Waals surface area contributed by atoms with Gasteiger partial charge in [-0.2, -0.15) is 11.8 Å². The zero-order chi connectivity index (χ0) is 14.3. The summed E-state index contributed by atoms with van der Waals surface area (Å²) in [5.74, 6) is 2.03. The minimum absolute atomic E-state index is 0.0487. The maximum atomic E-state index is 12.7. The van der Waals surface area contributed by atoms with E-state index in [9.17, 15) is 4.79 Å². The van der Waals surface area contributed by atoms with E-state index in [1.54, 1.807) is 6.07 Å². The van der Waals surface area contributed by atoms with Crippen LogP contribution >= 0.6 is 34.7 Å². The Bertz CT molecular complexity index is 670. The van der Waals surface area contributed by atoms with Crippen molar-refractivity contribution in [3.63, 3.8) is 0 Å². The topological polar surface area (TPSA) is 46.3 Å². The number of nitrogens with zero attached hydrogens (tertiary/aromatic N) is 1. The first-order valence-electron chi connectivity index (χ1n) is 6.44. The summed E-state index contributed by atoms with van der Waals surface area (Å²) in [4.78, 5) is 15.3. The van der Waals surface area contributed by atoms with Gasteiger partial charge in [0.25, 0.3) is 5.91 Å². The Morgan fingerprint density at radius 2 is 2.30 bits per heavy atom. The number of benzene rings is 1. The van der Waals surface area contributed by atoms with Gasteiger partial charge in [-0.1, -0.05) is 11.6 Å². The van der Waals surface area contributed by atoms with Crippen LogP contribution < -0.4 is 5.73 Å². The van der Waals surface area contributed by atoms with Crippen LogP contribution in [0.25, 0.3) is 10.1 Å². The molecule has 1 aromatic carbocycles. The highest BCUT2D eigenvalue weighted by molar-refractivity contribution is 7.99. The molecule has 0 bridgehead atoms. The Balaban J connectivity index is 2.01. The Morgan fingerprint density at radius 1 is 1.50 bits per heavy atom. The van der Waals surface area contributed by atoms with E-state index in [4.69, 9.17) is 17.3 Å². The number of halogens is 1. The van der Waals surface area contributed by atoms with Crippen molar-refractivity contribution >= 4 is 56.4 Å². The minimum atomic E-state index is 0.0487. The van der Waals surface area contributed by atoms with Crippen molar-refractivity contribution in [1.82, 2.24) is 4.90 Å². The van der Waals surface area contributed by atoms with Crippen molar-refractivity contribution in [3.8, 4) is 0 Å². The maximum absolute atomic E-state index is 12.7. The number of rotatable bonds is 1. The van der Waals surface area contributed by atoms with Crippen LogP contribution in [0, 0.1) is 0 Å². The van der Waals surface area contributed by atoms with E-state index < -0.39 is 0 Å². The number of carbonyl (C=O) groups excluding carboxylic acids is 1. The molecule has 0 aliphatic carbocycles. The SMILES string of the molecule is CC1CSCCN1C(=O)c1sc2cc(Cl)ccc2c1N. The number of nitrogen functional groups attached to an aromatic ring is 1. The average Bonchev–Trinajstić information content (AvgIpc) is 2.75. The molecule has 2 heterocycles. The second kappa shape index (κ2) is 5.47. The van der Waals surface area contributed by atoms with E-state index in [-0.39, 0.29) is 11.9 Å². The summed E-state index contributed by atoms with van der Waals surface area (Å²) in [6.07, 6.45) is 0. The lowest BCUT2D eigenvalue weighted by Crippen LogP contribution is -2.44. The first-order valence-corrected chi connectivity index (χ1v) is 8.79. The van der Waals surface area contributed by atoms with E-state index in [2.05, 4.69) is 6.92 Å². The van der Waals surface area contributed by atoms with E-state index in [0.29, 0.717) is 15.6 Å². The van der Waals surface area contributed by atoms with Crippen molar-refractivity contribution < 1.29 is 4.79 Å². The minimum Gasteiger partial charge on any atom is -0.397 e. The molecule has 20 heavy (non-hydrogen) atoms. The lowest BCUT2D eigenvalue weighted by molar-refractivity contribution is 0.0722. The van der Waals surface area contributed by atoms with Crippen molar-refractivity contribution in [2.24, 2.45) is 0 Å². The molecule has 0 spiro atoms. The first-order chi connectivity index (χ1) is 9.58. The van der Waals surface area contributed by atoms with Gasteiger partial charge in [0.1, 0.15) is 4.88 Å². The summed E-state index contributed by atoms with van der Waals surface area (Å²) in [6, 6.07) is 5.82. The molecule has 1 atom stereocenters. The van der Waals surface area contributed by atoms with Gasteiger partial charge in [0, 0.05) is 39.2 Å². The van der Waals surface area contributed by atoms with Crippen molar-refractivity contribution in [3.05, 3.63) is 28.1 Å². The zero-order valence-electron chi connectivity index (χ0n) is 11.1. The van der Waals surface area contributed by atoms with Crippen molar-refractivity contribution in [2.75, 3.05) is 23.8 Å². The molecule has 3 nitrogen and oxygen atoms in total. The predicted molar refractivity (Wildman–Crippen MR) is 89.1 cm³/mol. The van der Waals surface area contributed by atoms with Crippen molar-refractivity contribution in [1.29, 1.82) is 0 Å². The summed E-state index contributed by atoms with van der Waals surface area (Å²) in [6.45, 7) is 2.88. The van der Waals surface area contributed by atoms with Crippen LogP contribution in [0.1, 0.15) is 16.6 Å². The van der Waals surface area contributed by atoms with Crippen LogP contribution in [0.15, 0.2) is 18.2 Å². The molecule has 2 N–H and O–H groups in total. The molecule has 1 unspecified atom stereocenters. The van der Waals surface area contributed by atoms with Gasteiger partial charge in [0.15, 0.2) is 0 Å². The molecular weight excluding hydrogens is 312 g/mol. The smallest absolute Gasteiger partial charge is 0.266 e. The van der Waals surface area contributed by atoms with Crippen LogP contribution in [0.5, 0.6) is 0 Å². The van der Waals surface area contributed by atoms with Crippen LogP contribution in [-0.4, -0.2) is 34.9 Å². The van der Waals surface area contributed by atoms with Crippen LogP contribution in [-0.2, 0) is 0 Å². The predicted octanol–water partition coefficient (Wildman–Crippen LogP) is 3.71. The first kappa shape index (κ1) is 14.0. The highest BCUT2D eigenvalue weighted by Gasteiger charge is 2.27. The molecule has 6 heteroatoms. The molecule has 3 rings (SSSR count). The number of anilines is 1. The van der Waals surface area contributed by atoms with Gasteiger partial charge in [-0.3, -0.25) is 4.79 Å². The zero-order valence-corrected chi connectivity index (χ0v) is 13.4. The van der Waals surface area contributed by atoms with Crippen LogP contribution in [0.2, 0.25) is 5.02 Å². The fraction of sp³-hybridized carbons (Fsp3) is 0.357. The summed E-state index contributed by atoms with van der Waals surface area (Å²) in [5, 5.41) is 1.59. The number of hydrogen-bond acceptors (Lipinski definition) is 4. The van der Waals surface area contributed by atoms with Crippen LogP contribution in [0.4, 0.5) is 5.69 Å². The summed E-state index contributed by atoms with van der Waals surface area (Å²) >= 11 is 9.33. The Hall–Kier alpha value is -0.910. The van der Waals surface area contributed by atoms with Crippen LogP contribution in [0.3, 0.4) is 0 Å². The fourth-order valence-electron chi connectivity index (χ4n) is 2.41. The highest BCUT2D eigenvalue weighted by Crippen LogP contribution is 2.36. The summed E-state index contributed by atoms with van der Waals surface area (Å²) in [5.41, 5.74) is 6.74. The molecule has 1 saturated heterocycles. The molecule has 1 fully saturated rings. The number of carbonyl (C=O) groups is 1. The maximum Gasteiger partial charge on any atom is 0.266 e. The van der Waals surface area contributed by atoms with Gasteiger partial charge >= 0.3 is 0 Å².